The van der Waals surface area contributed by atoms with Crippen LogP contribution in [0, 0.1) is 6.92 Å². The minimum atomic E-state index is 0.0341. The van der Waals surface area contributed by atoms with Crippen molar-refractivity contribution in [2.45, 2.75) is 26.7 Å². The van der Waals surface area contributed by atoms with Crippen molar-refractivity contribution >= 4 is 23.4 Å². The predicted molar refractivity (Wildman–Crippen MR) is 89.9 cm³/mol. The topological polar surface area (TPSA) is 49.9 Å². The normalized spacial score (nSPS) is 14.8. The van der Waals surface area contributed by atoms with E-state index in [4.69, 9.17) is 16.3 Å². The van der Waals surface area contributed by atoms with Crippen LogP contribution in [0.25, 0.3) is 0 Å². The molecule has 0 spiro atoms. The van der Waals surface area contributed by atoms with Gasteiger partial charge in [-0.05, 0) is 24.6 Å². The van der Waals surface area contributed by atoms with Crippen molar-refractivity contribution in [3.63, 3.8) is 0 Å². The first-order valence-electron chi connectivity index (χ1n) is 7.84. The molecule has 1 aromatic carbocycles. The Kier molecular flexibility index (Phi) is 5.88. The van der Waals surface area contributed by atoms with E-state index in [9.17, 15) is 9.59 Å². The summed E-state index contributed by atoms with van der Waals surface area (Å²) >= 11 is 6.16. The van der Waals surface area contributed by atoms with Crippen LogP contribution < -0.4 is 4.74 Å². The van der Waals surface area contributed by atoms with E-state index in [-0.39, 0.29) is 18.2 Å². The Morgan fingerprint density at radius 1 is 1.13 bits per heavy atom. The first-order valence-corrected chi connectivity index (χ1v) is 8.22. The van der Waals surface area contributed by atoms with Gasteiger partial charge >= 0.3 is 0 Å². The van der Waals surface area contributed by atoms with E-state index in [1.165, 1.54) is 0 Å². The highest BCUT2D eigenvalue weighted by Gasteiger charge is 2.24. The van der Waals surface area contributed by atoms with Crippen LogP contribution >= 0.6 is 11.6 Å². The van der Waals surface area contributed by atoms with Gasteiger partial charge in [0.2, 0.25) is 11.8 Å². The largest absolute Gasteiger partial charge is 0.496 e. The van der Waals surface area contributed by atoms with Gasteiger partial charge < -0.3 is 14.5 Å². The van der Waals surface area contributed by atoms with Gasteiger partial charge in [0.25, 0.3) is 0 Å². The summed E-state index contributed by atoms with van der Waals surface area (Å²) in [6.45, 7) is 6.11. The first-order chi connectivity index (χ1) is 11.0. The molecule has 126 valence electrons. The van der Waals surface area contributed by atoms with Gasteiger partial charge in [-0.15, -0.1) is 0 Å². The Morgan fingerprint density at radius 3 is 2.22 bits per heavy atom. The van der Waals surface area contributed by atoms with Crippen LogP contribution in [0.15, 0.2) is 12.1 Å². The predicted octanol–water partition coefficient (Wildman–Crippen LogP) is 2.28. The maximum absolute atomic E-state index is 12.5. The van der Waals surface area contributed by atoms with Crippen LogP contribution in [0.3, 0.4) is 0 Å². The summed E-state index contributed by atoms with van der Waals surface area (Å²) in [4.78, 5) is 27.8. The quantitative estimate of drug-likeness (QED) is 0.846. The Balaban J connectivity index is 2.01. The van der Waals surface area contributed by atoms with E-state index >= 15 is 0 Å². The van der Waals surface area contributed by atoms with E-state index in [1.54, 1.807) is 18.1 Å². The van der Waals surface area contributed by atoms with Crippen molar-refractivity contribution in [2.24, 2.45) is 0 Å². The lowest BCUT2D eigenvalue weighted by Crippen LogP contribution is -2.50. The van der Waals surface area contributed by atoms with E-state index in [2.05, 4.69) is 0 Å². The number of benzene rings is 1. The number of rotatable bonds is 4. The van der Waals surface area contributed by atoms with Crippen LogP contribution in [0.2, 0.25) is 5.02 Å². The lowest BCUT2D eigenvalue weighted by atomic mass is 10.1. The Bertz CT molecular complexity index is 596. The fourth-order valence-electron chi connectivity index (χ4n) is 2.73. The standard InChI is InChI=1S/C17H23ClN2O3/c1-4-16(21)19-5-7-20(8-6-19)17(22)11-13-10-14(18)12(2)9-15(13)23-3/h9-10H,4-8,11H2,1-3H3. The third kappa shape index (κ3) is 4.16. The number of amides is 2. The van der Waals surface area contributed by atoms with Gasteiger partial charge in [-0.1, -0.05) is 18.5 Å². The zero-order valence-electron chi connectivity index (χ0n) is 13.9. The number of halogens is 1. The smallest absolute Gasteiger partial charge is 0.227 e. The molecule has 2 rings (SSSR count). The van der Waals surface area contributed by atoms with Crippen molar-refractivity contribution in [1.29, 1.82) is 0 Å². The van der Waals surface area contributed by atoms with Crippen LogP contribution in [-0.2, 0) is 16.0 Å². The molecule has 0 aromatic heterocycles. The third-order valence-corrected chi connectivity index (χ3v) is 4.60. The summed E-state index contributed by atoms with van der Waals surface area (Å²) in [5.74, 6) is 0.857. The SMILES string of the molecule is CCC(=O)N1CCN(C(=O)Cc2cc(Cl)c(C)cc2OC)CC1. The first kappa shape index (κ1) is 17.6. The molecule has 2 amide bonds. The number of hydrogen-bond donors (Lipinski definition) is 0. The molecule has 23 heavy (non-hydrogen) atoms. The van der Waals surface area contributed by atoms with Gasteiger partial charge in [0.1, 0.15) is 5.75 Å². The second kappa shape index (κ2) is 7.68. The van der Waals surface area contributed by atoms with Gasteiger partial charge in [-0.25, -0.2) is 0 Å². The molecule has 1 aromatic rings. The lowest BCUT2D eigenvalue weighted by molar-refractivity contribution is -0.139. The van der Waals surface area contributed by atoms with E-state index in [0.717, 1.165) is 11.1 Å². The van der Waals surface area contributed by atoms with Gasteiger partial charge in [-0.3, -0.25) is 9.59 Å². The maximum atomic E-state index is 12.5. The van der Waals surface area contributed by atoms with Crippen LogP contribution in [0.5, 0.6) is 5.75 Å². The van der Waals surface area contributed by atoms with E-state index in [1.807, 2.05) is 24.8 Å². The number of aryl methyl sites for hydroxylation is 1. The molecule has 0 saturated carbocycles. The zero-order chi connectivity index (χ0) is 17.0. The number of carbonyl (C=O) groups is 2. The molecular formula is C17H23ClN2O3. The summed E-state index contributed by atoms with van der Waals surface area (Å²) in [6, 6.07) is 3.65. The zero-order valence-corrected chi connectivity index (χ0v) is 14.7. The fraction of sp³-hybridized carbons (Fsp3) is 0.529. The Hall–Kier alpha value is -1.75. The average Bonchev–Trinajstić information content (AvgIpc) is 2.57. The average molecular weight is 339 g/mol. The van der Waals surface area contributed by atoms with Gasteiger partial charge in [0.05, 0.1) is 13.5 Å². The second-order valence-corrected chi connectivity index (χ2v) is 6.11. The summed E-state index contributed by atoms with van der Waals surface area (Å²) in [5, 5.41) is 0.631. The molecule has 6 heteroatoms. The number of carbonyl (C=O) groups excluding carboxylic acids is 2. The highest BCUT2D eigenvalue weighted by atomic mass is 35.5. The summed E-state index contributed by atoms with van der Waals surface area (Å²) in [5.41, 5.74) is 1.71. The Morgan fingerprint density at radius 2 is 1.70 bits per heavy atom. The summed E-state index contributed by atoms with van der Waals surface area (Å²) < 4.78 is 5.35. The minimum Gasteiger partial charge on any atom is -0.496 e. The summed E-state index contributed by atoms with van der Waals surface area (Å²) in [6.07, 6.45) is 0.762. The van der Waals surface area contributed by atoms with Crippen molar-refractivity contribution in [3.8, 4) is 5.75 Å². The van der Waals surface area contributed by atoms with Crippen molar-refractivity contribution in [3.05, 3.63) is 28.3 Å². The number of methoxy groups -OCH3 is 1. The van der Waals surface area contributed by atoms with Crippen LogP contribution in [0.4, 0.5) is 0 Å². The molecule has 5 nitrogen and oxygen atoms in total. The molecule has 1 fully saturated rings. The molecule has 0 unspecified atom stereocenters. The van der Waals surface area contributed by atoms with Gasteiger partial charge in [0.15, 0.2) is 0 Å². The lowest BCUT2D eigenvalue weighted by Gasteiger charge is -2.34. The molecule has 0 atom stereocenters. The maximum Gasteiger partial charge on any atom is 0.227 e. The molecule has 0 radical (unpaired) electrons. The molecule has 1 heterocycles. The van der Waals surface area contributed by atoms with Crippen molar-refractivity contribution < 1.29 is 14.3 Å². The minimum absolute atomic E-state index is 0.0341. The van der Waals surface area contributed by atoms with E-state index in [0.29, 0.717) is 43.4 Å². The fourth-order valence-corrected chi connectivity index (χ4v) is 2.91. The Labute approximate surface area is 142 Å². The van der Waals surface area contributed by atoms with E-state index < -0.39 is 0 Å². The number of piperazine rings is 1. The molecule has 0 N–H and O–H groups in total. The van der Waals surface area contributed by atoms with Gasteiger partial charge in [0, 0.05) is 43.2 Å². The highest BCUT2D eigenvalue weighted by Crippen LogP contribution is 2.27. The highest BCUT2D eigenvalue weighted by molar-refractivity contribution is 6.31. The third-order valence-electron chi connectivity index (χ3n) is 4.19. The molecule has 0 bridgehead atoms. The van der Waals surface area contributed by atoms with Crippen LogP contribution in [-0.4, -0.2) is 54.9 Å². The second-order valence-electron chi connectivity index (χ2n) is 5.71. The number of nitrogens with zero attached hydrogens (tertiary/aromatic N) is 2. The summed E-state index contributed by atoms with van der Waals surface area (Å²) in [7, 11) is 1.59. The number of ether oxygens (including phenoxy) is 1. The van der Waals surface area contributed by atoms with Crippen molar-refractivity contribution in [1.82, 2.24) is 9.80 Å². The molecule has 1 saturated heterocycles. The molecule has 0 aliphatic carbocycles. The molecular weight excluding hydrogens is 316 g/mol. The van der Waals surface area contributed by atoms with Gasteiger partial charge in [-0.2, -0.15) is 0 Å². The molecule has 1 aliphatic heterocycles. The van der Waals surface area contributed by atoms with Crippen LogP contribution in [0.1, 0.15) is 24.5 Å². The molecule has 1 aliphatic rings. The number of hydrogen-bond acceptors (Lipinski definition) is 3. The van der Waals surface area contributed by atoms with Crippen molar-refractivity contribution in [2.75, 3.05) is 33.3 Å². The monoisotopic (exact) mass is 338 g/mol.